The highest BCUT2D eigenvalue weighted by atomic mass is 16.5. The molecule has 0 saturated carbocycles. The topological polar surface area (TPSA) is 74.8 Å². The van der Waals surface area contributed by atoms with Crippen LogP contribution in [0.4, 0.5) is 5.82 Å². The molecule has 1 aromatic rings. The Bertz CT molecular complexity index is 960. The van der Waals surface area contributed by atoms with Gasteiger partial charge in [-0.05, 0) is 47.8 Å². The van der Waals surface area contributed by atoms with Crippen LogP contribution >= 0.6 is 0 Å². The van der Waals surface area contributed by atoms with Crippen LogP contribution in [0.15, 0.2) is 66.1 Å². The van der Waals surface area contributed by atoms with Gasteiger partial charge < -0.3 is 24.6 Å². The van der Waals surface area contributed by atoms with E-state index in [9.17, 15) is 9.59 Å². The third-order valence-electron chi connectivity index (χ3n) is 4.95. The highest BCUT2D eigenvalue weighted by Gasteiger charge is 2.13. The third-order valence-corrected chi connectivity index (χ3v) is 4.95. The smallest absolute Gasteiger partial charge is 0.246 e. The van der Waals surface area contributed by atoms with Crippen LogP contribution in [0, 0.1) is 0 Å². The number of allylic oxidation sites excluding steroid dienone is 6. The lowest BCUT2D eigenvalue weighted by Crippen LogP contribution is -2.31. The van der Waals surface area contributed by atoms with Gasteiger partial charge in [0.25, 0.3) is 0 Å². The Morgan fingerprint density at radius 1 is 1.33 bits per heavy atom. The van der Waals surface area contributed by atoms with Gasteiger partial charge >= 0.3 is 0 Å². The van der Waals surface area contributed by atoms with E-state index in [1.54, 1.807) is 37.3 Å². The van der Waals surface area contributed by atoms with Crippen molar-refractivity contribution in [2.75, 3.05) is 52.8 Å². The number of carbonyl (C=O) groups is 2. The van der Waals surface area contributed by atoms with E-state index in [0.29, 0.717) is 19.6 Å². The van der Waals surface area contributed by atoms with Crippen molar-refractivity contribution >= 4 is 24.1 Å². The maximum absolute atomic E-state index is 12.7. The van der Waals surface area contributed by atoms with Crippen molar-refractivity contribution < 1.29 is 14.3 Å². The van der Waals surface area contributed by atoms with E-state index in [0.717, 1.165) is 35.3 Å². The fraction of sp³-hybridized carbons (Fsp3) is 0.346. The predicted octanol–water partition coefficient (Wildman–Crippen LogP) is 3.24. The van der Waals surface area contributed by atoms with Gasteiger partial charge in [-0.15, -0.1) is 0 Å². The van der Waals surface area contributed by atoms with Crippen molar-refractivity contribution in [3.63, 3.8) is 0 Å². The normalized spacial score (nSPS) is 14.1. The van der Waals surface area contributed by atoms with Crippen LogP contribution in [0.2, 0.25) is 0 Å². The Hall–Kier alpha value is -3.45. The Kier molecular flexibility index (Phi) is 10.8. The SMILES string of the molecule is C/C=C\C=C/C1=CN(C)CC(CN(C)C(=O)/C=C/c2cnc(NC)c(CCOCC=O)c2)=C1. The van der Waals surface area contributed by atoms with E-state index < -0.39 is 0 Å². The number of nitrogens with one attached hydrogen (secondary N) is 1. The quantitative estimate of drug-likeness (QED) is 0.228. The minimum atomic E-state index is -0.0762. The minimum Gasteiger partial charge on any atom is -0.376 e. The number of aldehydes is 1. The summed E-state index contributed by atoms with van der Waals surface area (Å²) in [6.45, 7) is 3.83. The third kappa shape index (κ3) is 8.90. The van der Waals surface area contributed by atoms with E-state index in [-0.39, 0.29) is 12.5 Å². The van der Waals surface area contributed by atoms with Crippen molar-refractivity contribution in [2.45, 2.75) is 13.3 Å². The first kappa shape index (κ1) is 25.8. The highest BCUT2D eigenvalue weighted by Crippen LogP contribution is 2.17. The summed E-state index contributed by atoms with van der Waals surface area (Å²) in [5.41, 5.74) is 4.07. The molecule has 1 amide bonds. The molecule has 7 heteroatoms. The average Bonchev–Trinajstić information content (AvgIpc) is 2.80. The Morgan fingerprint density at radius 3 is 2.88 bits per heavy atom. The molecule has 176 valence electrons. The Morgan fingerprint density at radius 2 is 2.15 bits per heavy atom. The number of rotatable bonds is 12. The van der Waals surface area contributed by atoms with Crippen LogP contribution in [-0.2, 0) is 20.7 Å². The second-order valence-corrected chi connectivity index (χ2v) is 7.78. The van der Waals surface area contributed by atoms with Crippen LogP contribution in [0.25, 0.3) is 6.08 Å². The molecule has 0 unspecified atom stereocenters. The summed E-state index contributed by atoms with van der Waals surface area (Å²) in [5, 5.41) is 3.06. The summed E-state index contributed by atoms with van der Waals surface area (Å²) >= 11 is 0. The molecule has 0 spiro atoms. The van der Waals surface area contributed by atoms with E-state index in [1.807, 2.05) is 38.3 Å². The van der Waals surface area contributed by atoms with Crippen LogP contribution in [0.5, 0.6) is 0 Å². The van der Waals surface area contributed by atoms with Gasteiger partial charge in [0.1, 0.15) is 18.7 Å². The number of carbonyl (C=O) groups excluding carboxylic acids is 2. The molecule has 0 aliphatic carbocycles. The molecule has 33 heavy (non-hydrogen) atoms. The van der Waals surface area contributed by atoms with E-state index in [2.05, 4.69) is 33.6 Å². The molecule has 0 bridgehead atoms. The predicted molar refractivity (Wildman–Crippen MR) is 134 cm³/mol. The lowest BCUT2D eigenvalue weighted by atomic mass is 10.1. The van der Waals surface area contributed by atoms with Gasteiger partial charge in [-0.2, -0.15) is 0 Å². The summed E-state index contributed by atoms with van der Waals surface area (Å²) in [6, 6.07) is 1.97. The molecule has 0 aromatic carbocycles. The van der Waals surface area contributed by atoms with Gasteiger partial charge in [-0.1, -0.05) is 30.4 Å². The largest absolute Gasteiger partial charge is 0.376 e. The molecular weight excluding hydrogens is 416 g/mol. The molecular formula is C26H34N4O3. The number of anilines is 1. The molecule has 0 saturated heterocycles. The minimum absolute atomic E-state index is 0.0762. The van der Waals surface area contributed by atoms with Crippen LogP contribution in [-0.4, -0.2) is 74.4 Å². The van der Waals surface area contributed by atoms with Gasteiger partial charge in [0.05, 0.1) is 6.61 Å². The zero-order valence-corrected chi connectivity index (χ0v) is 20.0. The summed E-state index contributed by atoms with van der Waals surface area (Å²) in [6.07, 6.45) is 18.7. The highest BCUT2D eigenvalue weighted by molar-refractivity contribution is 5.91. The second-order valence-electron chi connectivity index (χ2n) is 7.78. The lowest BCUT2D eigenvalue weighted by Gasteiger charge is -2.25. The van der Waals surface area contributed by atoms with Gasteiger partial charge in [0.2, 0.25) is 5.91 Å². The number of nitrogens with zero attached hydrogens (tertiary/aromatic N) is 3. The van der Waals surface area contributed by atoms with Crippen molar-refractivity contribution in [2.24, 2.45) is 0 Å². The molecule has 2 heterocycles. The molecule has 0 fully saturated rings. The number of pyridine rings is 1. The summed E-state index contributed by atoms with van der Waals surface area (Å²) in [5.74, 6) is 0.679. The first-order chi connectivity index (χ1) is 16.0. The van der Waals surface area contributed by atoms with Crippen LogP contribution in [0.1, 0.15) is 18.1 Å². The first-order valence-corrected chi connectivity index (χ1v) is 11.0. The number of likely N-dealkylation sites (N-methyl/N-ethyl adjacent to an activating group) is 2. The van der Waals surface area contributed by atoms with Crippen LogP contribution in [0.3, 0.4) is 0 Å². The maximum Gasteiger partial charge on any atom is 0.246 e. The number of ether oxygens (including phenoxy) is 1. The molecule has 1 aromatic heterocycles. The first-order valence-electron chi connectivity index (χ1n) is 11.0. The van der Waals surface area contributed by atoms with Gasteiger partial charge in [0.15, 0.2) is 0 Å². The standard InChI is InChI=1S/C26H34N4O3/c1-5-6-7-8-22-15-23(19-29(3)18-22)20-30(4)25(32)10-9-21-16-24(11-13-33-14-12-31)26(27-2)28-17-21/h5-10,12,15-18H,11,13-14,19-20H2,1-4H3,(H,27,28)/b6-5-,8-7-,10-9+. The lowest BCUT2D eigenvalue weighted by molar-refractivity contribution is -0.124. The Labute approximate surface area is 196 Å². The molecule has 7 nitrogen and oxygen atoms in total. The Balaban J connectivity index is 2.01. The van der Waals surface area contributed by atoms with E-state index in [1.165, 1.54) is 5.57 Å². The number of hydrogen-bond donors (Lipinski definition) is 1. The molecule has 1 aliphatic heterocycles. The number of aromatic nitrogens is 1. The number of hydrogen-bond acceptors (Lipinski definition) is 6. The zero-order chi connectivity index (χ0) is 24.1. The molecule has 2 rings (SSSR count). The summed E-state index contributed by atoms with van der Waals surface area (Å²) < 4.78 is 5.25. The van der Waals surface area contributed by atoms with Crippen molar-refractivity contribution in [3.8, 4) is 0 Å². The maximum atomic E-state index is 12.7. The van der Waals surface area contributed by atoms with E-state index in [4.69, 9.17) is 4.74 Å². The number of amides is 1. The fourth-order valence-corrected chi connectivity index (χ4v) is 3.43. The summed E-state index contributed by atoms with van der Waals surface area (Å²) in [4.78, 5) is 31.3. The van der Waals surface area contributed by atoms with Crippen molar-refractivity contribution in [1.82, 2.24) is 14.8 Å². The molecule has 1 aliphatic rings. The van der Waals surface area contributed by atoms with Gasteiger partial charge in [0, 0.05) is 52.7 Å². The van der Waals surface area contributed by atoms with Gasteiger partial charge in [-0.25, -0.2) is 4.98 Å². The molecule has 1 N–H and O–H groups in total. The zero-order valence-electron chi connectivity index (χ0n) is 20.0. The average molecular weight is 451 g/mol. The monoisotopic (exact) mass is 450 g/mol. The van der Waals surface area contributed by atoms with Crippen molar-refractivity contribution in [3.05, 3.63) is 77.2 Å². The van der Waals surface area contributed by atoms with Crippen LogP contribution < -0.4 is 5.32 Å². The molecule has 0 radical (unpaired) electrons. The summed E-state index contributed by atoms with van der Waals surface area (Å²) in [7, 11) is 5.64. The molecule has 0 atom stereocenters. The van der Waals surface area contributed by atoms with Crippen molar-refractivity contribution in [1.29, 1.82) is 0 Å². The van der Waals surface area contributed by atoms with Gasteiger partial charge in [-0.3, -0.25) is 4.79 Å². The van der Waals surface area contributed by atoms with E-state index >= 15 is 0 Å². The second kappa shape index (κ2) is 13.9. The fourth-order valence-electron chi connectivity index (χ4n) is 3.43.